The number of carboxylic acid groups (broad SMARTS) is 1. The van der Waals surface area contributed by atoms with Gasteiger partial charge in [0, 0.05) is 36.3 Å². The molecule has 12 heteroatoms. The summed E-state index contributed by atoms with van der Waals surface area (Å²) in [4.78, 5) is 17.8. The van der Waals surface area contributed by atoms with Crippen molar-refractivity contribution in [2.45, 2.75) is 58.0 Å². The molecule has 2 aliphatic heterocycles. The molecule has 0 spiro atoms. The Bertz CT molecular complexity index is 1680. The highest BCUT2D eigenvalue weighted by molar-refractivity contribution is 6.30. The largest absolute Gasteiger partial charge is 0.478 e. The number of benzene rings is 2. The van der Waals surface area contributed by atoms with Gasteiger partial charge in [-0.05, 0) is 69.1 Å². The molecule has 0 radical (unpaired) electrons. The summed E-state index contributed by atoms with van der Waals surface area (Å²) in [5, 5.41) is 18.2. The molecule has 0 aliphatic carbocycles. The lowest BCUT2D eigenvalue weighted by Crippen LogP contribution is -2.34. The van der Waals surface area contributed by atoms with Gasteiger partial charge in [-0.15, -0.1) is 10.2 Å². The number of para-hydroxylation sites is 1. The second-order valence-corrected chi connectivity index (χ2v) is 11.3. The number of hydrogen-bond acceptors (Lipinski definition) is 7. The van der Waals surface area contributed by atoms with Crippen LogP contribution in [0.2, 0.25) is 5.02 Å². The fourth-order valence-corrected chi connectivity index (χ4v) is 6.03. The zero-order valence-corrected chi connectivity index (χ0v) is 24.7. The fourth-order valence-electron chi connectivity index (χ4n) is 5.87. The zero-order chi connectivity index (χ0) is 30.1. The summed E-state index contributed by atoms with van der Waals surface area (Å²) >= 11 is 5.96. The van der Waals surface area contributed by atoms with Crippen LogP contribution in [0, 0.1) is 5.82 Å². The quantitative estimate of drug-likeness (QED) is 0.250. The van der Waals surface area contributed by atoms with Crippen LogP contribution in [0.15, 0.2) is 55.0 Å². The molecule has 4 aromatic rings. The third kappa shape index (κ3) is 5.87. The normalized spacial score (nSPS) is 19.0. The van der Waals surface area contributed by atoms with Gasteiger partial charge < -0.3 is 23.7 Å². The summed E-state index contributed by atoms with van der Waals surface area (Å²) in [5.41, 5.74) is 2.32. The number of rotatable bonds is 9. The van der Waals surface area contributed by atoms with E-state index in [0.717, 1.165) is 55.6 Å². The lowest BCUT2D eigenvalue weighted by atomic mass is 9.88. The number of carbonyl (C=O) groups is 1. The molecule has 2 aliphatic rings. The van der Waals surface area contributed by atoms with E-state index in [2.05, 4.69) is 26.1 Å². The van der Waals surface area contributed by atoms with E-state index in [1.807, 2.05) is 28.2 Å². The van der Waals surface area contributed by atoms with Crippen LogP contribution in [0.4, 0.5) is 4.39 Å². The van der Waals surface area contributed by atoms with Crippen LogP contribution in [0.5, 0.6) is 11.5 Å². The van der Waals surface area contributed by atoms with Crippen LogP contribution < -0.4 is 9.47 Å². The summed E-state index contributed by atoms with van der Waals surface area (Å²) in [6.45, 7) is 7.22. The van der Waals surface area contributed by atoms with Gasteiger partial charge >= 0.3 is 5.97 Å². The van der Waals surface area contributed by atoms with Gasteiger partial charge in [-0.25, -0.2) is 14.2 Å². The molecule has 1 N–H and O–H groups in total. The van der Waals surface area contributed by atoms with Crippen LogP contribution in [-0.4, -0.2) is 53.4 Å². The number of imidazole rings is 1. The van der Waals surface area contributed by atoms with Crippen LogP contribution in [0.1, 0.15) is 61.1 Å². The van der Waals surface area contributed by atoms with E-state index in [-0.39, 0.29) is 11.5 Å². The Morgan fingerprint density at radius 1 is 1.19 bits per heavy atom. The third-order valence-corrected chi connectivity index (χ3v) is 8.35. The average molecular weight is 607 g/mol. The fraction of sp³-hybridized carbons (Fsp3) is 0.355. The molecule has 2 aromatic carbocycles. The Balaban J connectivity index is 1.17. The number of nitrogens with zero attached hydrogens (tertiary/aromatic N) is 6. The number of ether oxygens (including phenoxy) is 2. The minimum absolute atomic E-state index is 0.234. The summed E-state index contributed by atoms with van der Waals surface area (Å²) in [5.74, 6) is -0.101. The summed E-state index contributed by atoms with van der Waals surface area (Å²) < 4.78 is 31.3. The monoisotopic (exact) mass is 606 g/mol. The number of aliphatic carboxylic acids is 1. The molecule has 0 bridgehead atoms. The first-order valence-electron chi connectivity index (χ1n) is 14.2. The molecule has 1 unspecified atom stereocenters. The lowest BCUT2D eigenvalue weighted by Gasteiger charge is -2.32. The van der Waals surface area contributed by atoms with E-state index in [1.54, 1.807) is 31.6 Å². The average Bonchev–Trinajstić information content (AvgIpc) is 3.69. The zero-order valence-electron chi connectivity index (χ0n) is 23.9. The molecule has 0 amide bonds. The maximum atomic E-state index is 14.8. The van der Waals surface area contributed by atoms with Gasteiger partial charge in [-0.1, -0.05) is 23.7 Å². The van der Waals surface area contributed by atoms with Crippen molar-refractivity contribution in [3.05, 3.63) is 94.3 Å². The Hall–Kier alpha value is -4.22. The van der Waals surface area contributed by atoms with Crippen LogP contribution >= 0.6 is 11.6 Å². The minimum atomic E-state index is -1.29. The number of halogens is 2. The van der Waals surface area contributed by atoms with Gasteiger partial charge in [-0.2, -0.15) is 0 Å². The molecule has 1 fully saturated rings. The van der Waals surface area contributed by atoms with E-state index < -0.39 is 17.6 Å². The second-order valence-electron chi connectivity index (χ2n) is 10.9. The predicted octanol–water partition coefficient (Wildman–Crippen LogP) is 5.46. The van der Waals surface area contributed by atoms with Crippen LogP contribution in [0.25, 0.3) is 6.08 Å². The van der Waals surface area contributed by atoms with E-state index in [1.165, 1.54) is 12.1 Å². The molecule has 4 heterocycles. The molecule has 224 valence electrons. The molecule has 1 atom stereocenters. The van der Waals surface area contributed by atoms with Gasteiger partial charge in [-0.3, -0.25) is 4.90 Å². The first kappa shape index (κ1) is 28.9. The standard InChI is InChI=1S/C31H32ClFN6O4/c1-3-38-19-34-16-22(38)17-39-27(9-10-29(40)41)35-36-28(39)18-37-13-11-20(12-14-37)23-5-4-6-26-30(23)43-31(2,42-26)24-8-7-21(32)15-25(24)33/h4-10,15-16,19-20H,3,11-14,17-18H2,1-2H3,(H,40,41)/b10-9+. The van der Waals surface area contributed by atoms with Crippen LogP contribution in [0.3, 0.4) is 0 Å². The van der Waals surface area contributed by atoms with Crippen molar-refractivity contribution in [2.75, 3.05) is 13.1 Å². The maximum absolute atomic E-state index is 14.8. The Labute approximate surface area is 253 Å². The Morgan fingerprint density at radius 2 is 2.00 bits per heavy atom. The van der Waals surface area contributed by atoms with E-state index in [9.17, 15) is 9.18 Å². The number of likely N-dealkylation sites (tertiary alicyclic amines) is 1. The number of aromatic nitrogens is 5. The molecule has 1 saturated heterocycles. The van der Waals surface area contributed by atoms with Crippen molar-refractivity contribution in [2.24, 2.45) is 0 Å². The Morgan fingerprint density at radius 3 is 2.74 bits per heavy atom. The van der Waals surface area contributed by atoms with Gasteiger partial charge in [0.05, 0.1) is 30.7 Å². The number of piperidine rings is 1. The van der Waals surface area contributed by atoms with Crippen molar-refractivity contribution in [3.63, 3.8) is 0 Å². The highest BCUT2D eigenvalue weighted by Crippen LogP contribution is 2.49. The van der Waals surface area contributed by atoms with E-state index >= 15 is 0 Å². The lowest BCUT2D eigenvalue weighted by molar-refractivity contribution is -0.131. The Kier molecular flexibility index (Phi) is 7.93. The van der Waals surface area contributed by atoms with E-state index in [4.69, 9.17) is 26.2 Å². The van der Waals surface area contributed by atoms with Crippen molar-refractivity contribution < 1.29 is 23.8 Å². The first-order chi connectivity index (χ1) is 20.7. The van der Waals surface area contributed by atoms with Gasteiger partial charge in [0.1, 0.15) is 11.6 Å². The number of hydrogen-bond donors (Lipinski definition) is 1. The third-order valence-electron chi connectivity index (χ3n) is 8.11. The number of fused-ring (bicyclic) bond motifs is 1. The smallest absolute Gasteiger partial charge is 0.328 e. The topological polar surface area (TPSA) is 108 Å². The second kappa shape index (κ2) is 11.8. The highest BCUT2D eigenvalue weighted by atomic mass is 35.5. The van der Waals surface area contributed by atoms with Crippen molar-refractivity contribution in [3.8, 4) is 11.5 Å². The molecule has 10 nitrogen and oxygen atoms in total. The van der Waals surface area contributed by atoms with Gasteiger partial charge in [0.25, 0.3) is 5.79 Å². The molecular formula is C31H32ClFN6O4. The maximum Gasteiger partial charge on any atom is 0.328 e. The summed E-state index contributed by atoms with van der Waals surface area (Å²) in [6, 6.07) is 10.3. The molecule has 2 aromatic heterocycles. The molecule has 43 heavy (non-hydrogen) atoms. The SMILES string of the molecule is CCn1cncc1Cn1c(/C=C/C(=O)O)nnc1CN1CCC(c2cccc3c2OC(C)(c2ccc(Cl)cc2F)O3)CC1. The van der Waals surface area contributed by atoms with Crippen LogP contribution in [-0.2, 0) is 30.2 Å². The summed E-state index contributed by atoms with van der Waals surface area (Å²) in [6.07, 6.45) is 7.89. The summed E-state index contributed by atoms with van der Waals surface area (Å²) in [7, 11) is 0. The predicted molar refractivity (Wildman–Crippen MR) is 157 cm³/mol. The minimum Gasteiger partial charge on any atom is -0.478 e. The highest BCUT2D eigenvalue weighted by Gasteiger charge is 2.43. The van der Waals surface area contributed by atoms with Crippen molar-refractivity contribution >= 4 is 23.6 Å². The van der Waals surface area contributed by atoms with E-state index in [0.29, 0.717) is 35.4 Å². The van der Waals surface area contributed by atoms with Crippen molar-refractivity contribution in [1.82, 2.24) is 29.2 Å². The van der Waals surface area contributed by atoms with Gasteiger partial charge in [0.15, 0.2) is 17.3 Å². The first-order valence-corrected chi connectivity index (χ1v) is 14.6. The molecular weight excluding hydrogens is 575 g/mol. The van der Waals surface area contributed by atoms with Gasteiger partial charge in [0.2, 0.25) is 0 Å². The number of carboxylic acids is 1. The van der Waals surface area contributed by atoms with Crippen molar-refractivity contribution in [1.29, 1.82) is 0 Å². The molecule has 6 rings (SSSR count). The molecule has 0 saturated carbocycles. The number of aryl methyl sites for hydroxylation is 1.